The van der Waals surface area contributed by atoms with Crippen molar-refractivity contribution in [2.75, 3.05) is 11.9 Å². The number of nitrogens with zero attached hydrogens (tertiary/aromatic N) is 3. The molecule has 1 N–H and O–H groups in total. The molecule has 0 saturated carbocycles. The molecule has 0 aliphatic heterocycles. The summed E-state index contributed by atoms with van der Waals surface area (Å²) in [6.45, 7) is 4.13. The Balaban J connectivity index is 1.96. The summed E-state index contributed by atoms with van der Waals surface area (Å²) in [5.74, 6) is -0.205. The smallest absolute Gasteiger partial charge is 0.305 e. The van der Waals surface area contributed by atoms with Crippen LogP contribution < -0.4 is 10.9 Å². The normalized spacial score (nSPS) is 12.3. The molecule has 0 saturated heterocycles. The number of esters is 1. The van der Waals surface area contributed by atoms with Gasteiger partial charge in [-0.2, -0.15) is 4.52 Å². The Morgan fingerprint density at radius 1 is 1.60 bits per heavy atom. The highest BCUT2D eigenvalue weighted by atomic mass is 32.1. The molecule has 1 unspecified atom stereocenters. The van der Waals surface area contributed by atoms with Gasteiger partial charge in [0.15, 0.2) is 0 Å². The van der Waals surface area contributed by atoms with Gasteiger partial charge in [-0.25, -0.2) is 4.98 Å². The lowest BCUT2D eigenvalue weighted by atomic mass is 10.2. The van der Waals surface area contributed by atoms with Crippen LogP contribution in [0.4, 0.5) is 5.13 Å². The van der Waals surface area contributed by atoms with Crippen molar-refractivity contribution in [2.45, 2.75) is 32.7 Å². The summed E-state index contributed by atoms with van der Waals surface area (Å²) in [5, 5.41) is 7.91. The summed E-state index contributed by atoms with van der Waals surface area (Å²) >= 11 is 1.30. The van der Waals surface area contributed by atoms with Gasteiger partial charge >= 0.3 is 5.97 Å². The van der Waals surface area contributed by atoms with E-state index in [9.17, 15) is 9.59 Å². The third kappa shape index (κ3) is 3.53. The first-order valence-electron chi connectivity index (χ1n) is 6.37. The van der Waals surface area contributed by atoms with Crippen molar-refractivity contribution in [2.24, 2.45) is 0 Å². The van der Waals surface area contributed by atoms with E-state index in [1.165, 1.54) is 28.1 Å². The van der Waals surface area contributed by atoms with Crippen LogP contribution in [0.5, 0.6) is 0 Å². The van der Waals surface area contributed by atoms with E-state index in [2.05, 4.69) is 15.4 Å². The fraction of sp³-hybridized carbons (Fsp3) is 0.500. The molecular formula is C12H16N4O3S. The monoisotopic (exact) mass is 296 g/mol. The van der Waals surface area contributed by atoms with Gasteiger partial charge in [-0.05, 0) is 20.3 Å². The third-order valence-corrected chi connectivity index (χ3v) is 3.48. The predicted octanol–water partition coefficient (Wildman–Crippen LogP) is 1.29. The van der Waals surface area contributed by atoms with E-state index in [-0.39, 0.29) is 17.6 Å². The molecule has 2 aromatic rings. The van der Waals surface area contributed by atoms with Crippen LogP contribution in [0.15, 0.2) is 17.1 Å². The second kappa shape index (κ2) is 6.47. The van der Waals surface area contributed by atoms with Crippen LogP contribution >= 0.6 is 11.3 Å². The summed E-state index contributed by atoms with van der Waals surface area (Å²) in [6.07, 6.45) is 2.45. The Hall–Kier alpha value is -1.96. The number of hydrogen-bond acceptors (Lipinski definition) is 7. The van der Waals surface area contributed by atoms with Crippen molar-refractivity contribution in [3.05, 3.63) is 22.6 Å². The summed E-state index contributed by atoms with van der Waals surface area (Å²) in [6, 6.07) is 1.41. The molecule has 2 heterocycles. The quantitative estimate of drug-likeness (QED) is 0.809. The summed E-state index contributed by atoms with van der Waals surface area (Å²) in [5.41, 5.74) is -0.210. The maximum Gasteiger partial charge on any atom is 0.305 e. The first-order valence-corrected chi connectivity index (χ1v) is 7.19. The van der Waals surface area contributed by atoms with E-state index in [4.69, 9.17) is 4.74 Å². The minimum absolute atomic E-state index is 0.0515. The van der Waals surface area contributed by atoms with Crippen molar-refractivity contribution < 1.29 is 9.53 Å². The first kappa shape index (κ1) is 14.4. The SMILES string of the molecule is CCOC(=O)CCC(C)Nc1nn2c(=O)ccnc2s1. The predicted molar refractivity (Wildman–Crippen MR) is 76.1 cm³/mol. The number of fused-ring (bicyclic) bond motifs is 1. The molecule has 108 valence electrons. The van der Waals surface area contributed by atoms with Gasteiger partial charge in [0.1, 0.15) is 0 Å². The van der Waals surface area contributed by atoms with Crippen LogP contribution in [0.2, 0.25) is 0 Å². The summed E-state index contributed by atoms with van der Waals surface area (Å²) in [7, 11) is 0. The first-order chi connectivity index (χ1) is 9.60. The summed E-state index contributed by atoms with van der Waals surface area (Å²) < 4.78 is 6.13. The highest BCUT2D eigenvalue weighted by molar-refractivity contribution is 7.20. The minimum atomic E-state index is -0.210. The molecule has 2 rings (SSSR count). The van der Waals surface area contributed by atoms with Gasteiger partial charge in [-0.1, -0.05) is 11.3 Å². The van der Waals surface area contributed by atoms with Crippen LogP contribution in [0.1, 0.15) is 26.7 Å². The zero-order valence-electron chi connectivity index (χ0n) is 11.3. The number of carbonyl (C=O) groups excluding carboxylic acids is 1. The van der Waals surface area contributed by atoms with Gasteiger partial charge in [0, 0.05) is 24.7 Å². The molecule has 0 aliphatic rings. The largest absolute Gasteiger partial charge is 0.466 e. The standard InChI is InChI=1S/C12H16N4O3S/c1-3-19-10(18)5-4-8(2)14-11-15-16-9(17)6-7-13-12(16)20-11/h6-8H,3-5H2,1-2H3,(H,14,15). The van der Waals surface area contributed by atoms with Crippen LogP contribution in [0, 0.1) is 0 Å². The van der Waals surface area contributed by atoms with Crippen LogP contribution in [-0.4, -0.2) is 33.2 Å². The van der Waals surface area contributed by atoms with Crippen LogP contribution in [0.3, 0.4) is 0 Å². The fourth-order valence-corrected chi connectivity index (χ4v) is 2.54. The van der Waals surface area contributed by atoms with Gasteiger partial charge in [0.05, 0.1) is 6.61 Å². The minimum Gasteiger partial charge on any atom is -0.466 e. The van der Waals surface area contributed by atoms with Gasteiger partial charge < -0.3 is 10.1 Å². The number of rotatable bonds is 6. The van der Waals surface area contributed by atoms with Crippen LogP contribution in [-0.2, 0) is 9.53 Å². The number of nitrogens with one attached hydrogen (secondary N) is 1. The molecular weight excluding hydrogens is 280 g/mol. The topological polar surface area (TPSA) is 85.6 Å². The molecule has 1 atom stereocenters. The van der Waals surface area contributed by atoms with Crippen molar-refractivity contribution >= 4 is 27.4 Å². The Bertz CT molecular complexity index is 651. The molecule has 0 aliphatic carbocycles. The number of anilines is 1. The van der Waals surface area contributed by atoms with E-state index in [1.54, 1.807) is 6.92 Å². The lowest BCUT2D eigenvalue weighted by Crippen LogP contribution is -2.18. The number of carbonyl (C=O) groups is 1. The van der Waals surface area contributed by atoms with E-state index >= 15 is 0 Å². The Labute approximate surface area is 119 Å². The van der Waals surface area contributed by atoms with Gasteiger partial charge in [0.25, 0.3) is 5.56 Å². The second-order valence-corrected chi connectivity index (χ2v) is 5.23. The Morgan fingerprint density at radius 3 is 3.10 bits per heavy atom. The van der Waals surface area contributed by atoms with Crippen molar-refractivity contribution in [3.63, 3.8) is 0 Å². The van der Waals surface area contributed by atoms with Crippen LogP contribution in [0.25, 0.3) is 4.96 Å². The van der Waals surface area contributed by atoms with E-state index in [0.29, 0.717) is 29.5 Å². The molecule has 0 bridgehead atoms. The lowest BCUT2D eigenvalue weighted by Gasteiger charge is -2.11. The lowest BCUT2D eigenvalue weighted by molar-refractivity contribution is -0.143. The fourth-order valence-electron chi connectivity index (χ4n) is 1.65. The van der Waals surface area contributed by atoms with Gasteiger partial charge in [0.2, 0.25) is 10.1 Å². The zero-order valence-corrected chi connectivity index (χ0v) is 12.1. The molecule has 0 amide bonds. The highest BCUT2D eigenvalue weighted by Crippen LogP contribution is 2.17. The number of hydrogen-bond donors (Lipinski definition) is 1. The maximum atomic E-state index is 11.5. The maximum absolute atomic E-state index is 11.5. The Kier molecular flexibility index (Phi) is 4.67. The van der Waals surface area contributed by atoms with Gasteiger partial charge in [-0.15, -0.1) is 5.10 Å². The molecule has 20 heavy (non-hydrogen) atoms. The number of ether oxygens (including phenoxy) is 1. The van der Waals surface area contributed by atoms with E-state index < -0.39 is 0 Å². The summed E-state index contributed by atoms with van der Waals surface area (Å²) in [4.78, 5) is 27.4. The zero-order chi connectivity index (χ0) is 14.5. The molecule has 0 aromatic carbocycles. The molecule has 7 nitrogen and oxygen atoms in total. The Morgan fingerprint density at radius 2 is 2.40 bits per heavy atom. The average Bonchev–Trinajstić information content (AvgIpc) is 2.81. The molecule has 0 fully saturated rings. The average molecular weight is 296 g/mol. The van der Waals surface area contributed by atoms with Crippen molar-refractivity contribution in [1.82, 2.24) is 14.6 Å². The second-order valence-electron chi connectivity index (χ2n) is 4.27. The molecule has 0 radical (unpaired) electrons. The van der Waals surface area contributed by atoms with E-state index in [0.717, 1.165) is 0 Å². The third-order valence-electron chi connectivity index (χ3n) is 2.63. The van der Waals surface area contributed by atoms with E-state index in [1.807, 2.05) is 6.92 Å². The van der Waals surface area contributed by atoms with Crippen molar-refractivity contribution in [1.29, 1.82) is 0 Å². The highest BCUT2D eigenvalue weighted by Gasteiger charge is 2.11. The van der Waals surface area contributed by atoms with Crippen molar-refractivity contribution in [3.8, 4) is 0 Å². The molecule has 8 heteroatoms. The molecule has 2 aromatic heterocycles. The van der Waals surface area contributed by atoms with Gasteiger partial charge in [-0.3, -0.25) is 9.59 Å². The number of aromatic nitrogens is 3. The molecule has 0 spiro atoms.